The van der Waals surface area contributed by atoms with Crippen LogP contribution in [0.25, 0.3) is 28.1 Å². The van der Waals surface area contributed by atoms with Gasteiger partial charge in [-0.2, -0.15) is 13.2 Å². The second kappa shape index (κ2) is 7.45. The van der Waals surface area contributed by atoms with Gasteiger partial charge in [0.2, 0.25) is 0 Å². The van der Waals surface area contributed by atoms with Gasteiger partial charge < -0.3 is 5.11 Å². The molecule has 1 heterocycles. The minimum absolute atomic E-state index is 0.199. The third-order valence-electron chi connectivity index (χ3n) is 5.07. The zero-order valence-electron chi connectivity index (χ0n) is 16.2. The van der Waals surface area contributed by atoms with Crippen molar-refractivity contribution in [2.24, 2.45) is 0 Å². The molecule has 0 saturated heterocycles. The standard InChI is InChI=1S/C23H18ClF3N2O/c1-13-5-3-4-6-17(13)22-28-20-11-18(23(25,26)27)19(24)12-21(20)29(22)16-9-7-15(8-10-16)14(2)30/h3-12,14,30H,1-2H3. The van der Waals surface area contributed by atoms with Crippen LogP contribution in [0.3, 0.4) is 0 Å². The first-order valence-electron chi connectivity index (χ1n) is 9.30. The van der Waals surface area contributed by atoms with Crippen LogP contribution < -0.4 is 0 Å². The van der Waals surface area contributed by atoms with Crippen molar-refractivity contribution in [1.82, 2.24) is 9.55 Å². The number of benzene rings is 3. The summed E-state index contributed by atoms with van der Waals surface area (Å²) in [6.45, 7) is 3.59. The molecule has 0 aliphatic heterocycles. The summed E-state index contributed by atoms with van der Waals surface area (Å²) in [6, 6.07) is 17.0. The fourth-order valence-corrected chi connectivity index (χ4v) is 3.75. The van der Waals surface area contributed by atoms with Crippen LogP contribution in [-0.2, 0) is 6.18 Å². The summed E-state index contributed by atoms with van der Waals surface area (Å²) in [6.07, 6.45) is -5.20. The number of hydrogen-bond acceptors (Lipinski definition) is 2. The largest absolute Gasteiger partial charge is 0.417 e. The summed E-state index contributed by atoms with van der Waals surface area (Å²) in [7, 11) is 0. The van der Waals surface area contributed by atoms with E-state index in [0.717, 1.165) is 22.8 Å². The van der Waals surface area contributed by atoms with E-state index in [-0.39, 0.29) is 10.5 Å². The molecular weight excluding hydrogens is 413 g/mol. The maximum Gasteiger partial charge on any atom is 0.417 e. The number of aliphatic hydroxyl groups excluding tert-OH is 1. The Morgan fingerprint density at radius 2 is 1.70 bits per heavy atom. The number of rotatable bonds is 3. The van der Waals surface area contributed by atoms with Gasteiger partial charge in [0.25, 0.3) is 0 Å². The van der Waals surface area contributed by atoms with Gasteiger partial charge in [-0.1, -0.05) is 48.0 Å². The molecule has 1 aromatic heterocycles. The van der Waals surface area contributed by atoms with Gasteiger partial charge in [0, 0.05) is 11.3 Å². The summed E-state index contributed by atoms with van der Waals surface area (Å²) >= 11 is 6.01. The average molecular weight is 431 g/mol. The molecule has 0 amide bonds. The smallest absolute Gasteiger partial charge is 0.389 e. The fraction of sp³-hybridized carbons (Fsp3) is 0.174. The normalized spacial score (nSPS) is 13.0. The van der Waals surface area contributed by atoms with E-state index in [9.17, 15) is 18.3 Å². The average Bonchev–Trinajstić information content (AvgIpc) is 3.05. The molecule has 0 aliphatic rings. The van der Waals surface area contributed by atoms with Crippen molar-refractivity contribution in [2.45, 2.75) is 26.1 Å². The molecular formula is C23H18ClF3N2O. The molecule has 4 aromatic rings. The van der Waals surface area contributed by atoms with Crippen molar-refractivity contribution < 1.29 is 18.3 Å². The summed E-state index contributed by atoms with van der Waals surface area (Å²) in [5.74, 6) is 0.517. The lowest BCUT2D eigenvalue weighted by atomic mass is 10.1. The molecule has 0 radical (unpaired) electrons. The third-order valence-corrected chi connectivity index (χ3v) is 5.38. The van der Waals surface area contributed by atoms with Crippen molar-refractivity contribution in [1.29, 1.82) is 0 Å². The number of imidazole rings is 1. The minimum atomic E-state index is -4.57. The van der Waals surface area contributed by atoms with Crippen LogP contribution in [0, 0.1) is 6.92 Å². The van der Waals surface area contributed by atoms with Crippen molar-refractivity contribution in [3.63, 3.8) is 0 Å². The zero-order valence-corrected chi connectivity index (χ0v) is 17.0. The van der Waals surface area contributed by atoms with E-state index in [1.165, 1.54) is 6.07 Å². The first kappa shape index (κ1) is 20.4. The predicted octanol–water partition coefficient (Wildman–Crippen LogP) is 6.73. The second-order valence-corrected chi connectivity index (χ2v) is 7.58. The lowest BCUT2D eigenvalue weighted by molar-refractivity contribution is -0.137. The van der Waals surface area contributed by atoms with Crippen LogP contribution in [-0.4, -0.2) is 14.7 Å². The number of nitrogens with zero attached hydrogens (tertiary/aromatic N) is 2. The van der Waals surface area contributed by atoms with Crippen LogP contribution in [0.5, 0.6) is 0 Å². The van der Waals surface area contributed by atoms with E-state index >= 15 is 0 Å². The molecule has 154 valence electrons. The van der Waals surface area contributed by atoms with Gasteiger partial charge >= 0.3 is 6.18 Å². The monoisotopic (exact) mass is 430 g/mol. The number of aromatic nitrogens is 2. The van der Waals surface area contributed by atoms with Crippen molar-refractivity contribution >= 4 is 22.6 Å². The number of hydrogen-bond donors (Lipinski definition) is 1. The highest BCUT2D eigenvalue weighted by molar-refractivity contribution is 6.32. The van der Waals surface area contributed by atoms with Crippen LogP contribution in [0.2, 0.25) is 5.02 Å². The molecule has 0 bridgehead atoms. The van der Waals surface area contributed by atoms with Gasteiger partial charge in [-0.05, 0) is 49.2 Å². The van der Waals surface area contributed by atoms with E-state index in [1.54, 1.807) is 35.8 Å². The van der Waals surface area contributed by atoms with Crippen molar-refractivity contribution in [2.75, 3.05) is 0 Å². The quantitative estimate of drug-likeness (QED) is 0.391. The van der Waals surface area contributed by atoms with Crippen LogP contribution in [0.1, 0.15) is 29.7 Å². The summed E-state index contributed by atoms with van der Waals surface area (Å²) in [4.78, 5) is 4.55. The van der Waals surface area contributed by atoms with Gasteiger partial charge in [-0.25, -0.2) is 4.98 Å². The molecule has 1 N–H and O–H groups in total. The number of aryl methyl sites for hydroxylation is 1. The molecule has 0 spiro atoms. The van der Waals surface area contributed by atoms with Crippen molar-refractivity contribution in [3.05, 3.63) is 82.4 Å². The maximum atomic E-state index is 13.4. The molecule has 1 unspecified atom stereocenters. The van der Waals surface area contributed by atoms with Crippen LogP contribution >= 0.6 is 11.6 Å². The van der Waals surface area contributed by atoms with Gasteiger partial charge in [0.1, 0.15) is 5.82 Å². The Labute approximate surface area is 176 Å². The highest BCUT2D eigenvalue weighted by Gasteiger charge is 2.34. The number of alkyl halides is 3. The summed E-state index contributed by atoms with van der Waals surface area (Å²) < 4.78 is 41.9. The molecule has 3 nitrogen and oxygen atoms in total. The molecule has 1 atom stereocenters. The molecule has 0 fully saturated rings. The number of halogens is 4. The SMILES string of the molecule is Cc1ccccc1-c1nc2cc(C(F)(F)F)c(Cl)cc2n1-c1ccc(C(C)O)cc1. The Hall–Kier alpha value is -2.83. The molecule has 0 aliphatic carbocycles. The van der Waals surface area contributed by atoms with E-state index in [1.807, 2.05) is 31.2 Å². The number of aliphatic hydroxyl groups is 1. The van der Waals surface area contributed by atoms with Gasteiger partial charge in [0.05, 0.1) is 27.7 Å². The van der Waals surface area contributed by atoms with E-state index in [2.05, 4.69) is 4.98 Å². The molecule has 7 heteroatoms. The van der Waals surface area contributed by atoms with E-state index in [0.29, 0.717) is 17.0 Å². The van der Waals surface area contributed by atoms with Crippen LogP contribution in [0.4, 0.5) is 13.2 Å². The first-order valence-corrected chi connectivity index (χ1v) is 9.68. The zero-order chi connectivity index (χ0) is 21.6. The Morgan fingerprint density at radius 3 is 2.30 bits per heavy atom. The van der Waals surface area contributed by atoms with Gasteiger partial charge in [-0.15, -0.1) is 0 Å². The highest BCUT2D eigenvalue weighted by Crippen LogP contribution is 2.39. The molecule has 30 heavy (non-hydrogen) atoms. The lowest BCUT2D eigenvalue weighted by Gasteiger charge is -2.13. The lowest BCUT2D eigenvalue weighted by Crippen LogP contribution is -2.06. The molecule has 3 aromatic carbocycles. The summed E-state index contributed by atoms with van der Waals surface area (Å²) in [5.41, 5.74) is 2.94. The minimum Gasteiger partial charge on any atom is -0.389 e. The summed E-state index contributed by atoms with van der Waals surface area (Å²) in [5, 5.41) is 9.40. The van der Waals surface area contributed by atoms with Gasteiger partial charge in [-0.3, -0.25) is 4.57 Å². The van der Waals surface area contributed by atoms with Crippen molar-refractivity contribution in [3.8, 4) is 17.1 Å². The Bertz CT molecular complexity index is 1230. The second-order valence-electron chi connectivity index (χ2n) is 7.17. The predicted molar refractivity (Wildman–Crippen MR) is 112 cm³/mol. The topological polar surface area (TPSA) is 38.0 Å². The number of fused-ring (bicyclic) bond motifs is 1. The van der Waals surface area contributed by atoms with E-state index < -0.39 is 17.8 Å². The fourth-order valence-electron chi connectivity index (χ4n) is 3.48. The van der Waals surface area contributed by atoms with E-state index in [4.69, 9.17) is 11.6 Å². The third kappa shape index (κ3) is 3.57. The maximum absolute atomic E-state index is 13.4. The Morgan fingerprint density at radius 1 is 1.03 bits per heavy atom. The Balaban J connectivity index is 2.04. The first-order chi connectivity index (χ1) is 14.2. The van der Waals surface area contributed by atoms with Crippen LogP contribution in [0.15, 0.2) is 60.7 Å². The highest BCUT2D eigenvalue weighted by atomic mass is 35.5. The van der Waals surface area contributed by atoms with Gasteiger partial charge in [0.15, 0.2) is 0 Å². The molecule has 4 rings (SSSR count). The Kier molecular flexibility index (Phi) is 5.08. The molecule has 0 saturated carbocycles.